The number of hydrogen-bond donors (Lipinski definition) is 2. The average Bonchev–Trinajstić information content (AvgIpc) is 1.85. The molecule has 0 aromatic rings. The molecule has 0 unspecified atom stereocenters. The van der Waals surface area contributed by atoms with Gasteiger partial charge in [0, 0.05) is 31.0 Å². The second-order valence-corrected chi connectivity index (χ2v) is 3.02. The Hall–Kier alpha value is -0.830. The van der Waals surface area contributed by atoms with Gasteiger partial charge in [-0.2, -0.15) is 0 Å². The van der Waals surface area contributed by atoms with Gasteiger partial charge in [-0.05, 0) is 20.0 Å². The first kappa shape index (κ1) is 8.27. The van der Waals surface area contributed by atoms with Crippen molar-refractivity contribution in [2.75, 3.05) is 26.7 Å². The highest BCUT2D eigenvalue weighted by atomic mass is 15.2. The van der Waals surface area contributed by atoms with Crippen molar-refractivity contribution in [3.8, 4) is 0 Å². The van der Waals surface area contributed by atoms with Crippen molar-refractivity contribution in [3.05, 3.63) is 11.8 Å². The summed E-state index contributed by atoms with van der Waals surface area (Å²) in [5.41, 5.74) is 1.77. The van der Waals surface area contributed by atoms with Crippen molar-refractivity contribution in [1.29, 1.82) is 5.41 Å². The van der Waals surface area contributed by atoms with Gasteiger partial charge >= 0.3 is 0 Å². The standard InChI is InChI=1S/C8H15N3/c1-7(9)5-8-6-11(2)4-3-10-8/h5,9-10H,3-4,6H2,1-2H3/b8-5-,9-7?. The van der Waals surface area contributed by atoms with Crippen LogP contribution in [0.1, 0.15) is 6.92 Å². The van der Waals surface area contributed by atoms with Crippen LogP contribution >= 0.6 is 0 Å². The Balaban J connectivity index is 2.52. The van der Waals surface area contributed by atoms with E-state index in [2.05, 4.69) is 17.3 Å². The maximum absolute atomic E-state index is 7.26. The van der Waals surface area contributed by atoms with E-state index < -0.39 is 0 Å². The smallest absolute Gasteiger partial charge is 0.0380 e. The fourth-order valence-electron chi connectivity index (χ4n) is 1.19. The normalized spacial score (nSPS) is 23.3. The van der Waals surface area contributed by atoms with Crippen LogP contribution in [0.3, 0.4) is 0 Å². The molecule has 0 bridgehead atoms. The van der Waals surface area contributed by atoms with Crippen molar-refractivity contribution in [3.63, 3.8) is 0 Å². The number of allylic oxidation sites excluding steroid dienone is 1. The fourth-order valence-corrected chi connectivity index (χ4v) is 1.19. The van der Waals surface area contributed by atoms with Gasteiger partial charge in [-0.25, -0.2) is 0 Å². The lowest BCUT2D eigenvalue weighted by atomic mass is 10.2. The molecule has 62 valence electrons. The lowest BCUT2D eigenvalue weighted by Crippen LogP contribution is -2.39. The summed E-state index contributed by atoms with van der Waals surface area (Å²) in [5, 5.41) is 10.5. The molecule has 0 aromatic heterocycles. The van der Waals surface area contributed by atoms with E-state index in [1.54, 1.807) is 6.92 Å². The number of nitrogens with zero attached hydrogens (tertiary/aromatic N) is 1. The van der Waals surface area contributed by atoms with Gasteiger partial charge in [0.2, 0.25) is 0 Å². The summed E-state index contributed by atoms with van der Waals surface area (Å²) in [4.78, 5) is 2.24. The predicted octanol–water partition coefficient (Wildman–Crippen LogP) is 0.445. The quantitative estimate of drug-likeness (QED) is 0.537. The minimum Gasteiger partial charge on any atom is -0.386 e. The molecular weight excluding hydrogens is 138 g/mol. The van der Waals surface area contributed by atoms with Gasteiger partial charge in [-0.3, -0.25) is 4.90 Å². The second kappa shape index (κ2) is 3.53. The Labute approximate surface area is 67.6 Å². The zero-order valence-corrected chi connectivity index (χ0v) is 7.15. The lowest BCUT2D eigenvalue weighted by Gasteiger charge is -2.25. The van der Waals surface area contributed by atoms with Crippen LogP contribution in [0.15, 0.2) is 11.8 Å². The van der Waals surface area contributed by atoms with Gasteiger partial charge in [-0.15, -0.1) is 0 Å². The molecule has 1 heterocycles. The van der Waals surface area contributed by atoms with Gasteiger partial charge in [0.05, 0.1) is 0 Å². The number of piperazine rings is 1. The van der Waals surface area contributed by atoms with E-state index in [4.69, 9.17) is 5.41 Å². The Morgan fingerprint density at radius 2 is 2.45 bits per heavy atom. The van der Waals surface area contributed by atoms with Crippen LogP contribution in [0.4, 0.5) is 0 Å². The molecule has 0 spiro atoms. The van der Waals surface area contributed by atoms with Crippen molar-refractivity contribution < 1.29 is 0 Å². The van der Waals surface area contributed by atoms with Crippen LogP contribution in [0.25, 0.3) is 0 Å². The van der Waals surface area contributed by atoms with Crippen molar-refractivity contribution in [2.45, 2.75) is 6.92 Å². The maximum Gasteiger partial charge on any atom is 0.0380 e. The molecule has 3 nitrogen and oxygen atoms in total. The van der Waals surface area contributed by atoms with Crippen LogP contribution in [-0.2, 0) is 0 Å². The Kier molecular flexibility index (Phi) is 2.65. The first-order valence-corrected chi connectivity index (χ1v) is 3.86. The van der Waals surface area contributed by atoms with E-state index in [0.29, 0.717) is 5.71 Å². The number of nitrogens with one attached hydrogen (secondary N) is 2. The maximum atomic E-state index is 7.26. The SMILES string of the molecule is CC(=N)/C=C1/CN(C)CCN1. The summed E-state index contributed by atoms with van der Waals surface area (Å²) in [5.74, 6) is 0. The van der Waals surface area contributed by atoms with Crippen LogP contribution in [-0.4, -0.2) is 37.3 Å². The molecule has 0 radical (unpaired) electrons. The van der Waals surface area contributed by atoms with Gasteiger partial charge < -0.3 is 10.7 Å². The van der Waals surface area contributed by atoms with E-state index in [1.165, 1.54) is 0 Å². The number of rotatable bonds is 1. The van der Waals surface area contributed by atoms with E-state index >= 15 is 0 Å². The summed E-state index contributed by atoms with van der Waals surface area (Å²) < 4.78 is 0. The highest BCUT2D eigenvalue weighted by Crippen LogP contribution is 1.98. The van der Waals surface area contributed by atoms with Crippen molar-refractivity contribution in [1.82, 2.24) is 10.2 Å². The average molecular weight is 153 g/mol. The molecule has 11 heavy (non-hydrogen) atoms. The minimum absolute atomic E-state index is 0.614. The van der Waals surface area contributed by atoms with E-state index in [9.17, 15) is 0 Å². The molecule has 1 saturated heterocycles. The third-order valence-corrected chi connectivity index (χ3v) is 1.68. The number of hydrogen-bond acceptors (Lipinski definition) is 3. The summed E-state index contributed by atoms with van der Waals surface area (Å²) >= 11 is 0. The Morgan fingerprint density at radius 3 is 3.00 bits per heavy atom. The zero-order valence-electron chi connectivity index (χ0n) is 7.15. The molecule has 0 aliphatic carbocycles. The number of likely N-dealkylation sites (N-methyl/N-ethyl adjacent to an activating group) is 1. The first-order valence-electron chi connectivity index (χ1n) is 3.86. The third kappa shape index (κ3) is 2.72. The van der Waals surface area contributed by atoms with Crippen molar-refractivity contribution >= 4 is 5.71 Å². The summed E-state index contributed by atoms with van der Waals surface area (Å²) in [6.07, 6.45) is 1.88. The molecule has 0 amide bonds. The Bertz CT molecular complexity index is 184. The van der Waals surface area contributed by atoms with Crippen LogP contribution in [0.5, 0.6) is 0 Å². The first-order chi connectivity index (χ1) is 5.18. The molecule has 0 saturated carbocycles. The summed E-state index contributed by atoms with van der Waals surface area (Å²) in [6, 6.07) is 0. The highest BCUT2D eigenvalue weighted by molar-refractivity contribution is 5.90. The van der Waals surface area contributed by atoms with Gasteiger partial charge in [-0.1, -0.05) is 0 Å². The fraction of sp³-hybridized carbons (Fsp3) is 0.625. The van der Waals surface area contributed by atoms with Gasteiger partial charge in [0.1, 0.15) is 0 Å². The molecular formula is C8H15N3. The molecule has 3 heteroatoms. The molecule has 0 aromatic carbocycles. The summed E-state index contributed by atoms with van der Waals surface area (Å²) in [7, 11) is 2.09. The van der Waals surface area contributed by atoms with E-state index in [-0.39, 0.29) is 0 Å². The summed E-state index contributed by atoms with van der Waals surface area (Å²) in [6.45, 7) is 4.82. The topological polar surface area (TPSA) is 39.1 Å². The van der Waals surface area contributed by atoms with E-state index in [0.717, 1.165) is 25.3 Å². The molecule has 1 fully saturated rings. The monoisotopic (exact) mass is 153 g/mol. The van der Waals surface area contributed by atoms with Crippen LogP contribution in [0.2, 0.25) is 0 Å². The lowest BCUT2D eigenvalue weighted by molar-refractivity contribution is 0.323. The molecule has 0 atom stereocenters. The minimum atomic E-state index is 0.614. The van der Waals surface area contributed by atoms with Gasteiger partial charge in [0.15, 0.2) is 0 Å². The van der Waals surface area contributed by atoms with Crippen LogP contribution in [0, 0.1) is 5.41 Å². The highest BCUT2D eigenvalue weighted by Gasteiger charge is 2.08. The predicted molar refractivity (Wildman–Crippen MR) is 47.0 cm³/mol. The van der Waals surface area contributed by atoms with Crippen molar-refractivity contribution in [2.24, 2.45) is 0 Å². The zero-order chi connectivity index (χ0) is 8.27. The largest absolute Gasteiger partial charge is 0.386 e. The molecule has 1 aliphatic rings. The third-order valence-electron chi connectivity index (χ3n) is 1.68. The van der Waals surface area contributed by atoms with Gasteiger partial charge in [0.25, 0.3) is 0 Å². The van der Waals surface area contributed by atoms with Crippen LogP contribution < -0.4 is 5.32 Å². The molecule has 1 rings (SSSR count). The Morgan fingerprint density at radius 1 is 1.73 bits per heavy atom. The molecule has 2 N–H and O–H groups in total. The second-order valence-electron chi connectivity index (χ2n) is 3.02. The van der Waals surface area contributed by atoms with E-state index in [1.807, 2.05) is 6.08 Å². The molecule has 1 aliphatic heterocycles.